The Morgan fingerprint density at radius 1 is 1.44 bits per heavy atom. The molecule has 1 atom stereocenters. The summed E-state index contributed by atoms with van der Waals surface area (Å²) in [6.45, 7) is 2.73. The van der Waals surface area contributed by atoms with Crippen molar-refractivity contribution < 1.29 is 14.7 Å². The Balaban J connectivity index is 2.47. The number of rotatable bonds is 5. The van der Waals surface area contributed by atoms with Crippen molar-refractivity contribution in [2.45, 2.75) is 32.2 Å². The molecule has 1 heterocycles. The van der Waals surface area contributed by atoms with Gasteiger partial charge in [0.25, 0.3) is 0 Å². The predicted octanol–water partition coefficient (Wildman–Crippen LogP) is 0.780. The number of thioether (sulfide) groups is 1. The molecule has 104 valence electrons. The largest absolute Gasteiger partial charge is 0.481 e. The first kappa shape index (κ1) is 15.3. The number of piperidine rings is 1. The molecule has 0 radical (unpaired) electrons. The van der Waals surface area contributed by atoms with Gasteiger partial charge in [-0.1, -0.05) is 0 Å². The summed E-state index contributed by atoms with van der Waals surface area (Å²) in [7, 11) is 0. The molecule has 6 heteroatoms. The van der Waals surface area contributed by atoms with Crippen LogP contribution in [0.15, 0.2) is 0 Å². The summed E-state index contributed by atoms with van der Waals surface area (Å²) in [5.74, 6) is 0.0471. The maximum absolute atomic E-state index is 12.0. The van der Waals surface area contributed by atoms with Crippen LogP contribution >= 0.6 is 11.8 Å². The van der Waals surface area contributed by atoms with Crippen LogP contribution in [0.25, 0.3) is 0 Å². The zero-order valence-corrected chi connectivity index (χ0v) is 11.8. The third kappa shape index (κ3) is 3.62. The molecule has 0 spiro atoms. The van der Waals surface area contributed by atoms with Crippen molar-refractivity contribution in [1.82, 2.24) is 4.90 Å². The van der Waals surface area contributed by atoms with Gasteiger partial charge in [0.05, 0.1) is 11.5 Å². The van der Waals surface area contributed by atoms with Crippen molar-refractivity contribution in [3.63, 3.8) is 0 Å². The lowest BCUT2D eigenvalue weighted by Crippen LogP contribution is -2.50. The lowest BCUT2D eigenvalue weighted by Gasteiger charge is -2.37. The molecule has 1 aliphatic rings. The normalized spacial score (nSPS) is 20.5. The third-order valence-corrected chi connectivity index (χ3v) is 4.29. The van der Waals surface area contributed by atoms with Gasteiger partial charge in [-0.05, 0) is 38.2 Å². The van der Waals surface area contributed by atoms with E-state index >= 15 is 0 Å². The van der Waals surface area contributed by atoms with Gasteiger partial charge in [-0.3, -0.25) is 9.59 Å². The predicted molar refractivity (Wildman–Crippen MR) is 72.5 cm³/mol. The number of nitrogens with zero attached hydrogens (tertiary/aromatic N) is 1. The van der Waals surface area contributed by atoms with Crippen LogP contribution in [-0.4, -0.2) is 53.0 Å². The van der Waals surface area contributed by atoms with Gasteiger partial charge in [0.2, 0.25) is 5.91 Å². The highest BCUT2D eigenvalue weighted by Crippen LogP contribution is 2.31. The van der Waals surface area contributed by atoms with Crippen molar-refractivity contribution in [2.75, 3.05) is 25.1 Å². The number of carboxylic acid groups (broad SMARTS) is 1. The first-order valence-electron chi connectivity index (χ1n) is 6.17. The molecule has 0 aromatic rings. The van der Waals surface area contributed by atoms with Crippen LogP contribution < -0.4 is 5.73 Å². The zero-order valence-electron chi connectivity index (χ0n) is 11.0. The van der Waals surface area contributed by atoms with Crippen LogP contribution in [0, 0.1) is 5.41 Å². The summed E-state index contributed by atoms with van der Waals surface area (Å²) in [6.07, 6.45) is 3.66. The smallest absolute Gasteiger partial charge is 0.309 e. The van der Waals surface area contributed by atoms with E-state index in [1.807, 2.05) is 6.26 Å². The van der Waals surface area contributed by atoms with Crippen LogP contribution in [0.5, 0.6) is 0 Å². The van der Waals surface area contributed by atoms with E-state index in [1.54, 1.807) is 23.6 Å². The fraction of sp³-hybridized carbons (Fsp3) is 0.833. The molecular weight excluding hydrogens is 252 g/mol. The van der Waals surface area contributed by atoms with Gasteiger partial charge >= 0.3 is 5.97 Å². The summed E-state index contributed by atoms with van der Waals surface area (Å²) in [5, 5.41) is 9.12. The number of nitrogens with two attached hydrogens (primary N) is 1. The Kier molecular flexibility index (Phi) is 5.47. The van der Waals surface area contributed by atoms with E-state index in [9.17, 15) is 9.59 Å². The van der Waals surface area contributed by atoms with Crippen LogP contribution in [0.3, 0.4) is 0 Å². The molecule has 0 bridgehead atoms. The number of carbonyl (C=O) groups excluding carboxylic acids is 1. The maximum atomic E-state index is 12.0. The van der Waals surface area contributed by atoms with E-state index in [2.05, 4.69) is 0 Å². The molecule has 1 aliphatic heterocycles. The van der Waals surface area contributed by atoms with Crippen molar-refractivity contribution in [3.8, 4) is 0 Å². The first-order valence-corrected chi connectivity index (χ1v) is 7.57. The molecule has 5 nitrogen and oxygen atoms in total. The van der Waals surface area contributed by atoms with Gasteiger partial charge in [0.1, 0.15) is 0 Å². The molecule has 0 aromatic heterocycles. The lowest BCUT2D eigenvalue weighted by atomic mass is 9.80. The van der Waals surface area contributed by atoms with Crippen LogP contribution in [-0.2, 0) is 9.59 Å². The Bertz CT molecular complexity index is 314. The van der Waals surface area contributed by atoms with Crippen molar-refractivity contribution in [2.24, 2.45) is 11.1 Å². The van der Waals surface area contributed by atoms with E-state index in [4.69, 9.17) is 10.8 Å². The lowest BCUT2D eigenvalue weighted by molar-refractivity contribution is -0.153. The molecule has 18 heavy (non-hydrogen) atoms. The van der Waals surface area contributed by atoms with Gasteiger partial charge in [-0.15, -0.1) is 0 Å². The summed E-state index contributed by atoms with van der Waals surface area (Å²) < 4.78 is 0. The summed E-state index contributed by atoms with van der Waals surface area (Å²) in [4.78, 5) is 24.8. The van der Waals surface area contributed by atoms with Crippen molar-refractivity contribution in [3.05, 3.63) is 0 Å². The quantitative estimate of drug-likeness (QED) is 0.774. The Labute approximate surface area is 112 Å². The minimum atomic E-state index is -0.777. The molecule has 0 aliphatic carbocycles. The summed E-state index contributed by atoms with van der Waals surface area (Å²) in [6, 6.07) is -0.452. The van der Waals surface area contributed by atoms with E-state index in [1.165, 1.54) is 0 Å². The van der Waals surface area contributed by atoms with E-state index in [-0.39, 0.29) is 5.91 Å². The molecule has 3 N–H and O–H groups in total. The highest BCUT2D eigenvalue weighted by Gasteiger charge is 2.38. The van der Waals surface area contributed by atoms with Crippen molar-refractivity contribution in [1.29, 1.82) is 0 Å². The monoisotopic (exact) mass is 274 g/mol. The first-order chi connectivity index (χ1) is 8.40. The SMILES string of the molecule is CSCC[C@H](N)C(=O)N1CCC(C)(C(=O)O)CC1. The van der Waals surface area contributed by atoms with Gasteiger partial charge in [0.15, 0.2) is 0 Å². The second-order valence-electron chi connectivity index (χ2n) is 5.08. The second-order valence-corrected chi connectivity index (χ2v) is 6.06. The average Bonchev–Trinajstić information content (AvgIpc) is 2.35. The summed E-state index contributed by atoms with van der Waals surface area (Å²) >= 11 is 1.67. The standard InChI is InChI=1S/C12H22N2O3S/c1-12(11(16)17)4-6-14(7-5-12)10(15)9(13)3-8-18-2/h9H,3-8,13H2,1-2H3,(H,16,17)/t9-/m0/s1. The Morgan fingerprint density at radius 3 is 2.44 bits per heavy atom. The number of hydrogen-bond acceptors (Lipinski definition) is 4. The number of aliphatic carboxylic acids is 1. The van der Waals surface area contributed by atoms with E-state index < -0.39 is 17.4 Å². The van der Waals surface area contributed by atoms with Gasteiger partial charge in [0, 0.05) is 13.1 Å². The van der Waals surface area contributed by atoms with Gasteiger partial charge < -0.3 is 15.7 Å². The van der Waals surface area contributed by atoms with Gasteiger partial charge in [-0.2, -0.15) is 11.8 Å². The molecule has 1 fully saturated rings. The van der Waals surface area contributed by atoms with Gasteiger partial charge in [-0.25, -0.2) is 0 Å². The number of amides is 1. The van der Waals surface area contributed by atoms with E-state index in [0.717, 1.165) is 5.75 Å². The van der Waals surface area contributed by atoms with Crippen LogP contribution in [0.1, 0.15) is 26.2 Å². The minimum absolute atomic E-state index is 0.0449. The average molecular weight is 274 g/mol. The Morgan fingerprint density at radius 2 is 2.00 bits per heavy atom. The molecule has 1 amide bonds. The third-order valence-electron chi connectivity index (χ3n) is 3.65. The fourth-order valence-corrected chi connectivity index (χ4v) is 2.53. The number of carbonyl (C=O) groups is 2. The maximum Gasteiger partial charge on any atom is 0.309 e. The highest BCUT2D eigenvalue weighted by atomic mass is 32.2. The number of carboxylic acids is 1. The summed E-state index contributed by atoms with van der Waals surface area (Å²) in [5.41, 5.74) is 5.15. The topological polar surface area (TPSA) is 83.6 Å². The Hall–Kier alpha value is -0.750. The second kappa shape index (κ2) is 6.43. The van der Waals surface area contributed by atoms with Crippen LogP contribution in [0.4, 0.5) is 0 Å². The molecule has 1 rings (SSSR count). The van der Waals surface area contributed by atoms with Crippen molar-refractivity contribution >= 4 is 23.6 Å². The molecular formula is C12H22N2O3S. The molecule has 0 saturated carbocycles. The van der Waals surface area contributed by atoms with Crippen LogP contribution in [0.2, 0.25) is 0 Å². The molecule has 0 aromatic carbocycles. The molecule has 1 saturated heterocycles. The zero-order chi connectivity index (χ0) is 13.8. The number of likely N-dealkylation sites (tertiary alicyclic amines) is 1. The minimum Gasteiger partial charge on any atom is -0.481 e. The number of hydrogen-bond donors (Lipinski definition) is 2. The highest BCUT2D eigenvalue weighted by molar-refractivity contribution is 7.98. The fourth-order valence-electron chi connectivity index (χ4n) is 2.04. The van der Waals surface area contributed by atoms with E-state index in [0.29, 0.717) is 32.4 Å². The molecule has 0 unspecified atom stereocenters.